The van der Waals surface area contributed by atoms with E-state index < -0.39 is 11.8 Å². The Morgan fingerprint density at radius 2 is 1.41 bits per heavy atom. The van der Waals surface area contributed by atoms with E-state index in [9.17, 15) is 9.59 Å². The van der Waals surface area contributed by atoms with E-state index in [-0.39, 0.29) is 17.8 Å². The number of carbonyl (C=O) groups excluding carboxylic acids is 2. The number of amides is 2. The molecule has 0 heterocycles. The summed E-state index contributed by atoms with van der Waals surface area (Å²) in [5, 5.41) is 15.5. The molecule has 0 spiro atoms. The molecule has 6 heteroatoms. The average molecular weight is 451 g/mol. The number of amidine groups is 1. The zero-order chi connectivity index (χ0) is 24.1. The molecule has 0 aromatic heterocycles. The number of hydrogen-bond acceptors (Lipinski definition) is 3. The van der Waals surface area contributed by atoms with E-state index in [0.29, 0.717) is 16.8 Å². The van der Waals surface area contributed by atoms with Gasteiger partial charge in [-0.05, 0) is 59.2 Å². The van der Waals surface area contributed by atoms with E-state index in [1.54, 1.807) is 48.5 Å². The lowest BCUT2D eigenvalue weighted by Gasteiger charge is -2.21. The quantitative estimate of drug-likeness (QED) is 0.186. The van der Waals surface area contributed by atoms with E-state index in [1.165, 1.54) is 0 Å². The highest BCUT2D eigenvalue weighted by Crippen LogP contribution is 2.23. The fourth-order valence-electron chi connectivity index (χ4n) is 3.87. The summed E-state index contributed by atoms with van der Waals surface area (Å²) in [6.07, 6.45) is 0. The summed E-state index contributed by atoms with van der Waals surface area (Å²) in [5.41, 5.74) is 8.13. The van der Waals surface area contributed by atoms with Crippen molar-refractivity contribution in [2.75, 3.05) is 5.32 Å². The second-order valence-corrected chi connectivity index (χ2v) is 8.16. The van der Waals surface area contributed by atoms with Crippen LogP contribution in [0.3, 0.4) is 0 Å². The van der Waals surface area contributed by atoms with Gasteiger partial charge >= 0.3 is 0 Å². The molecule has 0 fully saturated rings. The number of carbonyl (C=O) groups is 2. The standard InChI is InChI=1S/C28H26N4O2/c1-18(22-12-11-19-7-5-6-10-23(19)17-22)31-27(33)25(20-8-3-2-4-9-20)28(34)32-24-15-13-21(14-16-24)26(29)30/h2-18,25H,1H3,(H3,29,30)(H,31,33)(H,32,34)/t18-,25?/m0/s1. The van der Waals surface area contributed by atoms with Crippen LogP contribution in [-0.4, -0.2) is 17.6 Å². The fraction of sp³-hybridized carbons (Fsp3) is 0.107. The maximum atomic E-state index is 13.3. The van der Waals surface area contributed by atoms with E-state index in [4.69, 9.17) is 11.1 Å². The summed E-state index contributed by atoms with van der Waals surface area (Å²) in [4.78, 5) is 26.6. The first-order chi connectivity index (χ1) is 16.4. The van der Waals surface area contributed by atoms with Crippen LogP contribution in [-0.2, 0) is 9.59 Å². The van der Waals surface area contributed by atoms with Crippen LogP contribution in [0.2, 0.25) is 0 Å². The normalized spacial score (nSPS) is 12.5. The Morgan fingerprint density at radius 3 is 2.09 bits per heavy atom. The molecule has 34 heavy (non-hydrogen) atoms. The van der Waals surface area contributed by atoms with Crippen molar-refractivity contribution in [3.8, 4) is 0 Å². The van der Waals surface area contributed by atoms with Crippen molar-refractivity contribution < 1.29 is 9.59 Å². The molecule has 0 saturated heterocycles. The minimum atomic E-state index is -1.03. The van der Waals surface area contributed by atoms with Crippen molar-refractivity contribution in [2.24, 2.45) is 5.73 Å². The van der Waals surface area contributed by atoms with Crippen LogP contribution in [0, 0.1) is 5.41 Å². The Hall–Kier alpha value is -4.45. The van der Waals surface area contributed by atoms with Crippen molar-refractivity contribution in [1.29, 1.82) is 5.41 Å². The van der Waals surface area contributed by atoms with Gasteiger partial charge in [0, 0.05) is 11.3 Å². The molecule has 4 aromatic carbocycles. The van der Waals surface area contributed by atoms with Gasteiger partial charge in [-0.15, -0.1) is 0 Å². The second kappa shape index (κ2) is 10.0. The largest absolute Gasteiger partial charge is 0.384 e. The average Bonchev–Trinajstić information content (AvgIpc) is 2.84. The summed E-state index contributed by atoms with van der Waals surface area (Å²) < 4.78 is 0. The molecule has 6 nitrogen and oxygen atoms in total. The van der Waals surface area contributed by atoms with Gasteiger partial charge in [0.2, 0.25) is 11.8 Å². The molecule has 1 unspecified atom stereocenters. The number of fused-ring (bicyclic) bond motifs is 1. The van der Waals surface area contributed by atoms with Crippen molar-refractivity contribution in [1.82, 2.24) is 5.32 Å². The predicted octanol–water partition coefficient (Wildman–Crippen LogP) is 4.72. The second-order valence-electron chi connectivity index (χ2n) is 8.16. The first kappa shape index (κ1) is 22.7. The number of nitrogens with two attached hydrogens (primary N) is 1. The Morgan fingerprint density at radius 1 is 0.765 bits per heavy atom. The molecule has 4 rings (SSSR count). The molecule has 4 aromatic rings. The smallest absolute Gasteiger partial charge is 0.241 e. The maximum Gasteiger partial charge on any atom is 0.241 e. The third-order valence-electron chi connectivity index (χ3n) is 5.75. The van der Waals surface area contributed by atoms with E-state index in [2.05, 4.69) is 16.7 Å². The van der Waals surface area contributed by atoms with Crippen LogP contribution in [0.25, 0.3) is 10.8 Å². The predicted molar refractivity (Wildman–Crippen MR) is 136 cm³/mol. The SMILES string of the molecule is C[C@H](NC(=O)C(C(=O)Nc1ccc(C(=N)N)cc1)c1ccccc1)c1ccc2ccccc2c1. The molecule has 0 aliphatic carbocycles. The van der Waals surface area contributed by atoms with Crippen LogP contribution < -0.4 is 16.4 Å². The van der Waals surface area contributed by atoms with E-state index in [1.807, 2.05) is 49.4 Å². The number of nitrogen functional groups attached to an aromatic ring is 1. The summed E-state index contributed by atoms with van der Waals surface area (Å²) in [7, 11) is 0. The third-order valence-corrected chi connectivity index (χ3v) is 5.75. The van der Waals surface area contributed by atoms with Gasteiger partial charge in [-0.2, -0.15) is 0 Å². The molecule has 0 bridgehead atoms. The molecular weight excluding hydrogens is 424 g/mol. The number of hydrogen-bond donors (Lipinski definition) is 4. The molecule has 0 radical (unpaired) electrons. The Labute approximate surface area is 198 Å². The lowest BCUT2D eigenvalue weighted by atomic mass is 9.95. The van der Waals surface area contributed by atoms with Gasteiger partial charge in [-0.3, -0.25) is 15.0 Å². The van der Waals surface area contributed by atoms with E-state index >= 15 is 0 Å². The first-order valence-corrected chi connectivity index (χ1v) is 11.0. The molecular formula is C28H26N4O2. The monoisotopic (exact) mass is 450 g/mol. The lowest BCUT2D eigenvalue weighted by Crippen LogP contribution is -2.37. The summed E-state index contributed by atoms with van der Waals surface area (Å²) in [6, 6.07) is 29.4. The minimum absolute atomic E-state index is 0.0536. The maximum absolute atomic E-state index is 13.3. The Kier molecular flexibility index (Phi) is 6.69. The molecule has 0 aliphatic heterocycles. The van der Waals surface area contributed by atoms with Crippen molar-refractivity contribution in [3.05, 3.63) is 114 Å². The summed E-state index contributed by atoms with van der Waals surface area (Å²) in [5.74, 6) is -1.91. The first-order valence-electron chi connectivity index (χ1n) is 11.0. The van der Waals surface area contributed by atoms with Gasteiger partial charge < -0.3 is 16.4 Å². The number of anilines is 1. The Bertz CT molecular complexity index is 1330. The zero-order valence-electron chi connectivity index (χ0n) is 18.8. The Balaban J connectivity index is 1.55. The molecule has 5 N–H and O–H groups in total. The molecule has 0 saturated carbocycles. The number of benzene rings is 4. The van der Waals surface area contributed by atoms with E-state index in [0.717, 1.165) is 16.3 Å². The number of nitrogens with one attached hydrogen (secondary N) is 3. The van der Waals surface area contributed by atoms with Crippen LogP contribution >= 0.6 is 0 Å². The molecule has 0 aliphatic rings. The zero-order valence-corrected chi connectivity index (χ0v) is 18.8. The lowest BCUT2D eigenvalue weighted by molar-refractivity contribution is -0.129. The summed E-state index contributed by atoms with van der Waals surface area (Å²) >= 11 is 0. The highest BCUT2D eigenvalue weighted by molar-refractivity contribution is 6.11. The molecule has 2 amide bonds. The van der Waals surface area contributed by atoms with Gasteiger partial charge in [0.15, 0.2) is 0 Å². The van der Waals surface area contributed by atoms with Gasteiger partial charge in [0.25, 0.3) is 0 Å². The third kappa shape index (κ3) is 5.13. The highest BCUT2D eigenvalue weighted by Gasteiger charge is 2.29. The minimum Gasteiger partial charge on any atom is -0.384 e. The van der Waals surface area contributed by atoms with Crippen molar-refractivity contribution in [2.45, 2.75) is 18.9 Å². The van der Waals surface area contributed by atoms with Crippen molar-refractivity contribution >= 4 is 34.1 Å². The van der Waals surface area contributed by atoms with Gasteiger partial charge in [0.1, 0.15) is 11.8 Å². The van der Waals surface area contributed by atoms with Crippen LogP contribution in [0.4, 0.5) is 5.69 Å². The molecule has 2 atom stereocenters. The van der Waals surface area contributed by atoms with Crippen LogP contribution in [0.15, 0.2) is 97.1 Å². The van der Waals surface area contributed by atoms with Crippen molar-refractivity contribution in [3.63, 3.8) is 0 Å². The van der Waals surface area contributed by atoms with Gasteiger partial charge in [-0.25, -0.2) is 0 Å². The fourth-order valence-corrected chi connectivity index (χ4v) is 3.87. The summed E-state index contributed by atoms with van der Waals surface area (Å²) in [6.45, 7) is 1.91. The highest BCUT2D eigenvalue weighted by atomic mass is 16.2. The van der Waals surface area contributed by atoms with Crippen LogP contribution in [0.1, 0.15) is 35.6 Å². The number of rotatable bonds is 7. The topological polar surface area (TPSA) is 108 Å². The van der Waals surface area contributed by atoms with Gasteiger partial charge in [-0.1, -0.05) is 66.7 Å². The molecule has 170 valence electrons. The van der Waals surface area contributed by atoms with Gasteiger partial charge in [0.05, 0.1) is 6.04 Å². The van der Waals surface area contributed by atoms with Crippen LogP contribution in [0.5, 0.6) is 0 Å².